The van der Waals surface area contributed by atoms with E-state index in [1.807, 2.05) is 64.9 Å². The summed E-state index contributed by atoms with van der Waals surface area (Å²) in [5, 5.41) is 7.96. The molecule has 0 spiro atoms. The van der Waals surface area contributed by atoms with Crippen molar-refractivity contribution in [1.82, 2.24) is 33.9 Å². The van der Waals surface area contributed by atoms with Gasteiger partial charge in [-0.15, -0.1) is 0 Å². The third kappa shape index (κ3) is 8.46. The maximum Gasteiger partial charge on any atom is 0.167 e. The first kappa shape index (κ1) is 34.1. The number of nitrogens with one attached hydrogen (secondary N) is 1. The average Bonchev–Trinajstić information content (AvgIpc) is 3.83. The molecule has 1 aliphatic heterocycles. The molecule has 1 fully saturated rings. The number of carbonyl (C=O) groups is 1. The molecule has 9 nitrogen and oxygen atoms in total. The molecule has 1 aliphatic rings. The van der Waals surface area contributed by atoms with Crippen LogP contribution in [0.5, 0.6) is 0 Å². The monoisotopic (exact) mass is 656 g/mol. The smallest absolute Gasteiger partial charge is 0.167 e. The number of nitrogens with zero attached hydrogens (tertiary/aromatic N) is 7. The third-order valence-corrected chi connectivity index (χ3v) is 9.47. The Morgan fingerprint density at radius 3 is 2.65 bits per heavy atom. The van der Waals surface area contributed by atoms with Crippen molar-refractivity contribution in [2.24, 2.45) is 0 Å². The Morgan fingerprint density at radius 1 is 1.02 bits per heavy atom. The first-order valence-corrected chi connectivity index (χ1v) is 17.2. The summed E-state index contributed by atoms with van der Waals surface area (Å²) in [5.74, 6) is 6.72. The average molecular weight is 657 g/mol. The predicted molar refractivity (Wildman–Crippen MR) is 198 cm³/mol. The Hall–Kier alpha value is -4.75. The molecule has 0 saturated carbocycles. The van der Waals surface area contributed by atoms with Crippen molar-refractivity contribution in [2.75, 3.05) is 53.1 Å². The van der Waals surface area contributed by atoms with E-state index in [0.717, 1.165) is 78.6 Å². The van der Waals surface area contributed by atoms with Gasteiger partial charge in [0, 0.05) is 62.2 Å². The van der Waals surface area contributed by atoms with Crippen LogP contribution in [0, 0.1) is 25.7 Å². The normalized spacial score (nSPS) is 14.9. The number of ketones is 1. The number of aryl methyl sites for hydroxylation is 3. The van der Waals surface area contributed by atoms with Crippen molar-refractivity contribution >= 4 is 22.8 Å². The van der Waals surface area contributed by atoms with E-state index in [1.165, 1.54) is 17.5 Å². The Balaban J connectivity index is 1.12. The highest BCUT2D eigenvalue weighted by atomic mass is 16.1. The molecule has 2 aromatic carbocycles. The van der Waals surface area contributed by atoms with Gasteiger partial charge >= 0.3 is 0 Å². The number of fused-ring (bicyclic) bond motifs is 1. The zero-order valence-electron chi connectivity index (χ0n) is 29.7. The van der Waals surface area contributed by atoms with Gasteiger partial charge in [0.05, 0.1) is 23.8 Å². The summed E-state index contributed by atoms with van der Waals surface area (Å²) < 4.78 is 3.94. The number of hydrogen-bond donors (Lipinski definition) is 1. The summed E-state index contributed by atoms with van der Waals surface area (Å²) in [6, 6.07) is 16.9. The lowest BCUT2D eigenvalue weighted by atomic mass is 9.97. The summed E-state index contributed by atoms with van der Waals surface area (Å²) in [6.07, 6.45) is 10.2. The van der Waals surface area contributed by atoms with E-state index >= 15 is 0 Å². The number of likely N-dealkylation sites (tertiary alicyclic amines) is 1. The van der Waals surface area contributed by atoms with Gasteiger partial charge < -0.3 is 15.1 Å². The van der Waals surface area contributed by atoms with Gasteiger partial charge in [-0.2, -0.15) is 5.10 Å². The fourth-order valence-electron chi connectivity index (χ4n) is 6.47. The number of carbonyl (C=O) groups excluding carboxylic acids is 1. The lowest BCUT2D eigenvalue weighted by Gasteiger charge is -2.21. The van der Waals surface area contributed by atoms with E-state index in [-0.39, 0.29) is 5.78 Å². The van der Waals surface area contributed by atoms with Crippen molar-refractivity contribution in [2.45, 2.75) is 52.2 Å². The Kier molecular flexibility index (Phi) is 10.6. The highest BCUT2D eigenvalue weighted by Gasteiger charge is 2.24. The number of rotatable bonds is 12. The molecule has 1 saturated heterocycles. The standard InChI is InChI=1S/C40H48N8O/c1-29-10-12-33(39(49)22-31-11-13-34(30(2)21-31)26-46-20-16-37(28-46)45(5)6)23-32(29)14-15-36-25-41-40-38(9-7-19-48(36)40)43-35-24-42-47(27-35)18-8-17-44(3)4/h7,9-13,19,21,23-25,27,37,43H,8,16-18,20,22,26,28H2,1-6H3. The van der Waals surface area contributed by atoms with Crippen molar-refractivity contribution in [3.63, 3.8) is 0 Å². The fourth-order valence-corrected chi connectivity index (χ4v) is 6.47. The minimum atomic E-state index is 0.0927. The maximum atomic E-state index is 13.4. The minimum Gasteiger partial charge on any atom is -0.350 e. The van der Waals surface area contributed by atoms with E-state index in [2.05, 4.69) is 95.3 Å². The Bertz CT molecular complexity index is 1990. The van der Waals surface area contributed by atoms with E-state index in [9.17, 15) is 4.79 Å². The summed E-state index contributed by atoms with van der Waals surface area (Å²) in [6.45, 7) is 9.25. The van der Waals surface area contributed by atoms with E-state index in [1.54, 1.807) is 6.20 Å². The third-order valence-electron chi connectivity index (χ3n) is 9.47. The van der Waals surface area contributed by atoms with E-state index < -0.39 is 0 Å². The molecule has 6 rings (SSSR count). The molecule has 1 atom stereocenters. The quantitative estimate of drug-likeness (QED) is 0.134. The summed E-state index contributed by atoms with van der Waals surface area (Å²) >= 11 is 0. The highest BCUT2D eigenvalue weighted by Crippen LogP contribution is 2.23. The molecular weight excluding hydrogens is 608 g/mol. The second kappa shape index (κ2) is 15.2. The molecule has 5 aromatic rings. The van der Waals surface area contributed by atoms with Gasteiger partial charge in [0.2, 0.25) is 0 Å². The highest BCUT2D eigenvalue weighted by molar-refractivity contribution is 5.98. The Labute approximate surface area is 290 Å². The number of imidazole rings is 1. The second-order valence-corrected chi connectivity index (χ2v) is 13.8. The van der Waals surface area contributed by atoms with Crippen LogP contribution in [0.15, 0.2) is 73.3 Å². The second-order valence-electron chi connectivity index (χ2n) is 13.8. The number of benzene rings is 2. The molecule has 0 aliphatic carbocycles. The van der Waals surface area contributed by atoms with Crippen LogP contribution < -0.4 is 5.32 Å². The van der Waals surface area contributed by atoms with E-state index in [0.29, 0.717) is 18.0 Å². The van der Waals surface area contributed by atoms with Gasteiger partial charge in [-0.05, 0) is 108 Å². The summed E-state index contributed by atoms with van der Waals surface area (Å²) in [5.41, 5.74) is 9.51. The molecule has 3 aromatic heterocycles. The molecule has 254 valence electrons. The first-order chi connectivity index (χ1) is 23.6. The molecule has 0 bridgehead atoms. The van der Waals surface area contributed by atoms with Crippen LogP contribution in [-0.2, 0) is 19.5 Å². The topological polar surface area (TPSA) is 73.9 Å². The minimum absolute atomic E-state index is 0.0927. The van der Waals surface area contributed by atoms with Crippen LogP contribution in [0.2, 0.25) is 0 Å². The largest absolute Gasteiger partial charge is 0.350 e. The number of likely N-dealkylation sites (N-methyl/N-ethyl adjacent to an activating group) is 1. The zero-order chi connectivity index (χ0) is 34.5. The van der Waals surface area contributed by atoms with Crippen LogP contribution in [0.4, 0.5) is 11.4 Å². The van der Waals surface area contributed by atoms with Crippen LogP contribution in [0.1, 0.15) is 56.7 Å². The van der Waals surface area contributed by atoms with Gasteiger partial charge in [0.15, 0.2) is 11.4 Å². The SMILES string of the molecule is Cc1ccc(C(=O)Cc2ccc(CN3CCC(N(C)C)C3)c(C)c2)cc1C#Cc1cnc2c(Nc3cnn(CCCN(C)C)c3)cccn12. The molecule has 1 unspecified atom stereocenters. The summed E-state index contributed by atoms with van der Waals surface area (Å²) in [4.78, 5) is 25.1. The van der Waals surface area contributed by atoms with Crippen molar-refractivity contribution in [3.05, 3.63) is 112 Å². The molecule has 4 heterocycles. The lowest BCUT2D eigenvalue weighted by Crippen LogP contribution is -2.31. The van der Waals surface area contributed by atoms with Crippen molar-refractivity contribution < 1.29 is 4.79 Å². The van der Waals surface area contributed by atoms with Gasteiger partial charge in [-0.3, -0.25) is 18.8 Å². The molecular formula is C40H48N8O. The van der Waals surface area contributed by atoms with Crippen LogP contribution in [0.3, 0.4) is 0 Å². The van der Waals surface area contributed by atoms with Crippen LogP contribution in [-0.4, -0.2) is 93.5 Å². The zero-order valence-corrected chi connectivity index (χ0v) is 29.7. The molecule has 1 N–H and O–H groups in total. The van der Waals surface area contributed by atoms with Crippen molar-refractivity contribution in [3.8, 4) is 11.8 Å². The Morgan fingerprint density at radius 2 is 1.88 bits per heavy atom. The van der Waals surface area contributed by atoms with E-state index in [4.69, 9.17) is 0 Å². The number of pyridine rings is 1. The molecule has 49 heavy (non-hydrogen) atoms. The van der Waals surface area contributed by atoms with Gasteiger partial charge in [-0.25, -0.2) is 4.98 Å². The number of aromatic nitrogens is 4. The maximum absolute atomic E-state index is 13.4. The number of hydrogen-bond acceptors (Lipinski definition) is 7. The molecule has 0 radical (unpaired) electrons. The fraction of sp³-hybridized carbons (Fsp3) is 0.375. The van der Waals surface area contributed by atoms with Crippen molar-refractivity contribution in [1.29, 1.82) is 0 Å². The van der Waals surface area contributed by atoms with Crippen LogP contribution in [0.25, 0.3) is 5.65 Å². The molecule has 9 heteroatoms. The number of anilines is 2. The summed E-state index contributed by atoms with van der Waals surface area (Å²) in [7, 11) is 8.49. The number of Topliss-reactive ketones (excluding diaryl/α,β-unsaturated/α-hetero) is 1. The van der Waals surface area contributed by atoms with Gasteiger partial charge in [-0.1, -0.05) is 36.3 Å². The lowest BCUT2D eigenvalue weighted by molar-refractivity contribution is 0.0993. The van der Waals surface area contributed by atoms with Gasteiger partial charge in [0.25, 0.3) is 0 Å². The predicted octanol–water partition coefficient (Wildman–Crippen LogP) is 5.80. The first-order valence-electron chi connectivity index (χ1n) is 17.2. The molecule has 0 amide bonds. The van der Waals surface area contributed by atoms with Gasteiger partial charge in [0.1, 0.15) is 5.69 Å². The van der Waals surface area contributed by atoms with Crippen LogP contribution >= 0.6 is 0 Å².